The van der Waals surface area contributed by atoms with Gasteiger partial charge in [-0.15, -0.1) is 0 Å². The first-order valence-electron chi connectivity index (χ1n) is 9.68. The fourth-order valence-corrected chi connectivity index (χ4v) is 4.06. The number of carbonyl (C=O) groups excluding carboxylic acids is 1. The summed E-state index contributed by atoms with van der Waals surface area (Å²) >= 11 is 0. The molecule has 2 heterocycles. The number of methoxy groups -OCH3 is 1. The lowest BCUT2D eigenvalue weighted by Gasteiger charge is -2.39. The molecule has 4 rings (SSSR count). The van der Waals surface area contributed by atoms with E-state index in [4.69, 9.17) is 4.74 Å². The molecule has 7 heteroatoms. The van der Waals surface area contributed by atoms with E-state index in [1.165, 1.54) is 0 Å². The normalized spacial score (nSPS) is 19.3. The van der Waals surface area contributed by atoms with Gasteiger partial charge in [0.05, 0.1) is 24.2 Å². The van der Waals surface area contributed by atoms with Crippen molar-refractivity contribution in [2.75, 3.05) is 13.7 Å². The molecular formula is C22H23N3O4. The molecule has 1 saturated heterocycles. The molecule has 0 radical (unpaired) electrons. The SMILES string of the molecule is COc1ccccc1C1CCC(C)CN1C(=O)c1ccc2[nH]c(=O)c(=O)[nH]c2c1. The molecule has 0 bridgehead atoms. The molecular weight excluding hydrogens is 370 g/mol. The van der Waals surface area contributed by atoms with Crippen LogP contribution >= 0.6 is 0 Å². The number of amides is 1. The van der Waals surface area contributed by atoms with Crippen molar-refractivity contribution < 1.29 is 9.53 Å². The van der Waals surface area contributed by atoms with E-state index in [0.717, 1.165) is 24.2 Å². The number of hydrogen-bond acceptors (Lipinski definition) is 4. The van der Waals surface area contributed by atoms with Crippen LogP contribution in [0.15, 0.2) is 52.1 Å². The second kappa shape index (κ2) is 7.58. The van der Waals surface area contributed by atoms with Crippen molar-refractivity contribution in [2.45, 2.75) is 25.8 Å². The van der Waals surface area contributed by atoms with E-state index in [-0.39, 0.29) is 11.9 Å². The molecule has 3 aromatic rings. The van der Waals surface area contributed by atoms with E-state index in [2.05, 4.69) is 16.9 Å². The predicted octanol–water partition coefficient (Wildman–Crippen LogP) is 2.84. The van der Waals surface area contributed by atoms with Crippen LogP contribution in [-0.4, -0.2) is 34.4 Å². The Labute approximate surface area is 167 Å². The van der Waals surface area contributed by atoms with Crippen molar-refractivity contribution >= 4 is 16.9 Å². The van der Waals surface area contributed by atoms with Crippen LogP contribution in [0.2, 0.25) is 0 Å². The van der Waals surface area contributed by atoms with Crippen LogP contribution in [0, 0.1) is 5.92 Å². The summed E-state index contributed by atoms with van der Waals surface area (Å²) in [5.41, 5.74) is 0.931. The number of fused-ring (bicyclic) bond motifs is 1. The quantitative estimate of drug-likeness (QED) is 0.669. The zero-order chi connectivity index (χ0) is 20.5. The Balaban J connectivity index is 1.74. The number of para-hydroxylation sites is 1. The van der Waals surface area contributed by atoms with Gasteiger partial charge in [0.2, 0.25) is 0 Å². The summed E-state index contributed by atoms with van der Waals surface area (Å²) in [7, 11) is 1.64. The lowest BCUT2D eigenvalue weighted by molar-refractivity contribution is 0.0541. The van der Waals surface area contributed by atoms with Crippen molar-refractivity contribution in [3.63, 3.8) is 0 Å². The number of nitrogens with zero attached hydrogens (tertiary/aromatic N) is 1. The third-order valence-electron chi connectivity index (χ3n) is 5.55. The number of carbonyl (C=O) groups is 1. The van der Waals surface area contributed by atoms with Crippen LogP contribution < -0.4 is 15.9 Å². The van der Waals surface area contributed by atoms with Crippen molar-refractivity contribution in [3.05, 3.63) is 74.3 Å². The number of ether oxygens (including phenoxy) is 1. The van der Waals surface area contributed by atoms with E-state index in [1.54, 1.807) is 25.3 Å². The summed E-state index contributed by atoms with van der Waals surface area (Å²) in [6, 6.07) is 12.6. The molecule has 0 aliphatic carbocycles. The van der Waals surface area contributed by atoms with E-state index < -0.39 is 11.1 Å². The first-order valence-corrected chi connectivity index (χ1v) is 9.68. The lowest BCUT2D eigenvalue weighted by atomic mass is 9.89. The number of H-pyrrole nitrogens is 2. The fraction of sp³-hybridized carbons (Fsp3) is 0.318. The molecule has 150 valence electrons. The van der Waals surface area contributed by atoms with Gasteiger partial charge >= 0.3 is 11.1 Å². The molecule has 0 spiro atoms. The maximum atomic E-state index is 13.4. The smallest absolute Gasteiger partial charge is 0.314 e. The number of rotatable bonds is 3. The number of piperidine rings is 1. The monoisotopic (exact) mass is 393 g/mol. The van der Waals surface area contributed by atoms with E-state index >= 15 is 0 Å². The van der Waals surface area contributed by atoms with Crippen LogP contribution in [0.25, 0.3) is 11.0 Å². The van der Waals surface area contributed by atoms with Gasteiger partial charge < -0.3 is 19.6 Å². The molecule has 2 aromatic carbocycles. The van der Waals surface area contributed by atoms with Crippen molar-refractivity contribution in [1.29, 1.82) is 0 Å². The van der Waals surface area contributed by atoms with Gasteiger partial charge in [0.15, 0.2) is 0 Å². The number of benzene rings is 2. The number of nitrogens with one attached hydrogen (secondary N) is 2. The second-order valence-electron chi connectivity index (χ2n) is 7.57. The Kier molecular flexibility index (Phi) is 4.96. The third kappa shape index (κ3) is 3.55. The first kappa shape index (κ1) is 19.0. The average Bonchev–Trinajstić information content (AvgIpc) is 2.73. The standard InChI is InChI=1S/C22H23N3O4/c1-13-7-10-18(15-5-3-4-6-19(15)29-2)25(12-13)22(28)14-8-9-16-17(11-14)24-21(27)20(26)23-16/h3-6,8-9,11,13,18H,7,10,12H2,1-2H3,(H,23,26)(H,24,27). The summed E-state index contributed by atoms with van der Waals surface area (Å²) in [5, 5.41) is 0. The van der Waals surface area contributed by atoms with Gasteiger partial charge in [-0.1, -0.05) is 25.1 Å². The highest BCUT2D eigenvalue weighted by Gasteiger charge is 2.33. The highest BCUT2D eigenvalue weighted by atomic mass is 16.5. The Morgan fingerprint density at radius 3 is 2.52 bits per heavy atom. The maximum Gasteiger partial charge on any atom is 0.314 e. The Bertz CT molecular complexity index is 1180. The highest BCUT2D eigenvalue weighted by Crippen LogP contribution is 2.38. The third-order valence-corrected chi connectivity index (χ3v) is 5.55. The highest BCUT2D eigenvalue weighted by molar-refractivity contribution is 5.97. The Hall–Kier alpha value is -3.35. The van der Waals surface area contributed by atoms with Gasteiger partial charge in [-0.05, 0) is 43.0 Å². The van der Waals surface area contributed by atoms with Crippen molar-refractivity contribution in [3.8, 4) is 5.75 Å². The van der Waals surface area contributed by atoms with Crippen LogP contribution in [-0.2, 0) is 0 Å². The van der Waals surface area contributed by atoms with E-state index in [1.807, 2.05) is 29.2 Å². The zero-order valence-electron chi connectivity index (χ0n) is 16.4. The molecule has 1 aliphatic rings. The van der Waals surface area contributed by atoms with Gasteiger partial charge in [-0.2, -0.15) is 0 Å². The van der Waals surface area contributed by atoms with Crippen LogP contribution in [0.1, 0.15) is 41.7 Å². The number of likely N-dealkylation sites (tertiary alicyclic amines) is 1. The molecule has 1 amide bonds. The summed E-state index contributed by atoms with van der Waals surface area (Å²) in [6.07, 6.45) is 1.88. The van der Waals surface area contributed by atoms with Crippen LogP contribution in [0.4, 0.5) is 0 Å². The van der Waals surface area contributed by atoms with Gasteiger partial charge in [-0.3, -0.25) is 14.4 Å². The molecule has 0 saturated carbocycles. The van der Waals surface area contributed by atoms with Gasteiger partial charge in [-0.25, -0.2) is 0 Å². The molecule has 1 aromatic heterocycles. The first-order chi connectivity index (χ1) is 14.0. The average molecular weight is 393 g/mol. The summed E-state index contributed by atoms with van der Waals surface area (Å²) in [4.78, 5) is 43.6. The number of aromatic amines is 2. The zero-order valence-corrected chi connectivity index (χ0v) is 16.4. The molecule has 2 atom stereocenters. The largest absolute Gasteiger partial charge is 0.496 e. The topological polar surface area (TPSA) is 95.3 Å². The van der Waals surface area contributed by atoms with Crippen LogP contribution in [0.5, 0.6) is 5.75 Å². The molecule has 29 heavy (non-hydrogen) atoms. The Morgan fingerprint density at radius 2 is 1.76 bits per heavy atom. The predicted molar refractivity (Wildman–Crippen MR) is 110 cm³/mol. The van der Waals surface area contributed by atoms with Crippen molar-refractivity contribution in [2.24, 2.45) is 5.92 Å². The number of aromatic nitrogens is 2. The minimum Gasteiger partial charge on any atom is -0.496 e. The molecule has 1 aliphatic heterocycles. The van der Waals surface area contributed by atoms with Crippen LogP contribution in [0.3, 0.4) is 0 Å². The van der Waals surface area contributed by atoms with E-state index in [0.29, 0.717) is 29.1 Å². The maximum absolute atomic E-state index is 13.4. The van der Waals surface area contributed by atoms with E-state index in [9.17, 15) is 14.4 Å². The minimum atomic E-state index is -0.736. The lowest BCUT2D eigenvalue weighted by Crippen LogP contribution is -2.41. The summed E-state index contributed by atoms with van der Waals surface area (Å²) in [6.45, 7) is 2.78. The molecule has 1 fully saturated rings. The van der Waals surface area contributed by atoms with Gasteiger partial charge in [0.25, 0.3) is 5.91 Å². The minimum absolute atomic E-state index is 0.0832. The van der Waals surface area contributed by atoms with Crippen molar-refractivity contribution in [1.82, 2.24) is 14.9 Å². The molecule has 2 unspecified atom stereocenters. The summed E-state index contributed by atoms with van der Waals surface area (Å²) in [5.74, 6) is 1.05. The van der Waals surface area contributed by atoms with Gasteiger partial charge in [0, 0.05) is 17.7 Å². The number of hydrogen-bond donors (Lipinski definition) is 2. The van der Waals surface area contributed by atoms with Gasteiger partial charge in [0.1, 0.15) is 5.75 Å². The fourth-order valence-electron chi connectivity index (χ4n) is 4.06. The molecule has 2 N–H and O–H groups in total. The second-order valence-corrected chi connectivity index (χ2v) is 7.57. The Morgan fingerprint density at radius 1 is 1.03 bits per heavy atom. The molecule has 7 nitrogen and oxygen atoms in total. The summed E-state index contributed by atoms with van der Waals surface area (Å²) < 4.78 is 5.53.